The van der Waals surface area contributed by atoms with Crippen LogP contribution in [-0.2, 0) is 9.53 Å². The third kappa shape index (κ3) is 1.70. The molecule has 0 aromatic carbocycles. The lowest BCUT2D eigenvalue weighted by Crippen LogP contribution is -3.23. The Morgan fingerprint density at radius 2 is 1.92 bits per heavy atom. The minimum absolute atomic E-state index is 0.0123. The van der Waals surface area contributed by atoms with Gasteiger partial charge in [-0.25, -0.2) is 0 Å². The highest BCUT2D eigenvalue weighted by molar-refractivity contribution is 5.73. The molecule has 0 unspecified atom stereocenters. The third-order valence-electron chi connectivity index (χ3n) is 3.48. The second kappa shape index (κ2) is 3.66. The highest BCUT2D eigenvalue weighted by Gasteiger charge is 2.42. The molecule has 13 heavy (non-hydrogen) atoms. The molecule has 3 heteroatoms. The average molecular weight is 184 g/mol. The number of quaternary nitrogens is 1. The molecule has 2 aliphatic rings. The molecule has 1 heterocycles. The zero-order chi connectivity index (χ0) is 9.26. The fraction of sp³-hybridized carbons (Fsp3) is 0.900. The molecule has 0 atom stereocenters. The molecule has 2 fully saturated rings. The number of rotatable bonds is 2. The van der Waals surface area contributed by atoms with Crippen LogP contribution in [0.5, 0.6) is 0 Å². The van der Waals surface area contributed by atoms with Crippen LogP contribution in [0.3, 0.4) is 0 Å². The van der Waals surface area contributed by atoms with Gasteiger partial charge in [-0.05, 0) is 25.7 Å². The number of ether oxygens (including phenoxy) is 1. The van der Waals surface area contributed by atoms with E-state index in [0.717, 1.165) is 19.1 Å². The topological polar surface area (TPSA) is 30.7 Å². The SMILES string of the molecule is COC(=O)C1C[NH+](C2CCCC2)C1. The number of carbonyl (C=O) groups is 1. The predicted octanol–water partition coefficient (Wildman–Crippen LogP) is -0.383. The van der Waals surface area contributed by atoms with E-state index in [1.807, 2.05) is 0 Å². The molecule has 0 aromatic heterocycles. The van der Waals surface area contributed by atoms with Gasteiger partial charge in [-0.1, -0.05) is 0 Å². The molecule has 1 aliphatic carbocycles. The van der Waals surface area contributed by atoms with E-state index in [4.69, 9.17) is 4.74 Å². The van der Waals surface area contributed by atoms with Crippen molar-refractivity contribution in [1.82, 2.24) is 0 Å². The molecule has 3 nitrogen and oxygen atoms in total. The number of likely N-dealkylation sites (tertiary alicyclic amines) is 1. The van der Waals surface area contributed by atoms with E-state index in [-0.39, 0.29) is 11.9 Å². The molecule has 1 aliphatic heterocycles. The molecule has 0 amide bonds. The first kappa shape index (κ1) is 9.00. The highest BCUT2D eigenvalue weighted by Crippen LogP contribution is 2.17. The van der Waals surface area contributed by atoms with Crippen molar-refractivity contribution in [3.63, 3.8) is 0 Å². The van der Waals surface area contributed by atoms with Crippen LogP contribution in [0, 0.1) is 5.92 Å². The van der Waals surface area contributed by atoms with Crippen LogP contribution >= 0.6 is 0 Å². The van der Waals surface area contributed by atoms with Crippen LogP contribution < -0.4 is 4.90 Å². The van der Waals surface area contributed by atoms with Gasteiger partial charge < -0.3 is 9.64 Å². The molecule has 1 saturated carbocycles. The Hall–Kier alpha value is -0.570. The Morgan fingerprint density at radius 3 is 2.46 bits per heavy atom. The maximum atomic E-state index is 11.1. The van der Waals surface area contributed by atoms with Crippen molar-refractivity contribution in [2.45, 2.75) is 31.7 Å². The first-order chi connectivity index (χ1) is 6.31. The predicted molar refractivity (Wildman–Crippen MR) is 48.5 cm³/mol. The van der Waals surface area contributed by atoms with Crippen molar-refractivity contribution in [2.24, 2.45) is 5.92 Å². The van der Waals surface area contributed by atoms with Crippen LogP contribution in [0.4, 0.5) is 0 Å². The molecule has 0 radical (unpaired) electrons. The maximum Gasteiger partial charge on any atom is 0.320 e. The van der Waals surface area contributed by atoms with Crippen molar-refractivity contribution >= 4 is 5.97 Å². The van der Waals surface area contributed by atoms with Crippen molar-refractivity contribution in [1.29, 1.82) is 0 Å². The summed E-state index contributed by atoms with van der Waals surface area (Å²) < 4.78 is 4.71. The quantitative estimate of drug-likeness (QED) is 0.593. The lowest BCUT2D eigenvalue weighted by Gasteiger charge is -2.37. The Kier molecular flexibility index (Phi) is 2.54. The number of hydrogen-bond acceptors (Lipinski definition) is 2. The van der Waals surface area contributed by atoms with Gasteiger partial charge in [0.1, 0.15) is 0 Å². The van der Waals surface area contributed by atoms with Crippen molar-refractivity contribution in [3.05, 3.63) is 0 Å². The van der Waals surface area contributed by atoms with Gasteiger partial charge in [0.05, 0.1) is 26.2 Å². The van der Waals surface area contributed by atoms with E-state index >= 15 is 0 Å². The number of esters is 1. The zero-order valence-electron chi connectivity index (χ0n) is 8.21. The highest BCUT2D eigenvalue weighted by atomic mass is 16.5. The summed E-state index contributed by atoms with van der Waals surface area (Å²) in [4.78, 5) is 12.8. The van der Waals surface area contributed by atoms with E-state index in [9.17, 15) is 4.79 Å². The summed E-state index contributed by atoms with van der Waals surface area (Å²) in [5.74, 6) is 0.183. The second-order valence-corrected chi connectivity index (χ2v) is 4.27. The van der Waals surface area contributed by atoms with Crippen molar-refractivity contribution in [3.8, 4) is 0 Å². The summed E-state index contributed by atoms with van der Waals surface area (Å²) in [5, 5.41) is 0. The second-order valence-electron chi connectivity index (χ2n) is 4.27. The standard InChI is InChI=1S/C10H17NO2/c1-13-10(12)8-6-11(7-8)9-4-2-3-5-9/h8-9H,2-7H2,1H3/p+1. The molecular formula is C10H18NO2+. The summed E-state index contributed by atoms with van der Waals surface area (Å²) in [5.41, 5.74) is 0. The zero-order valence-corrected chi connectivity index (χ0v) is 8.21. The lowest BCUT2D eigenvalue weighted by atomic mass is 9.97. The Bertz CT molecular complexity index is 193. The average Bonchev–Trinajstić information content (AvgIpc) is 2.54. The van der Waals surface area contributed by atoms with E-state index in [2.05, 4.69) is 0 Å². The van der Waals surface area contributed by atoms with Crippen molar-refractivity contribution in [2.75, 3.05) is 20.2 Å². The minimum Gasteiger partial charge on any atom is -0.468 e. The summed E-state index contributed by atoms with van der Waals surface area (Å²) in [6.07, 6.45) is 5.50. The van der Waals surface area contributed by atoms with Gasteiger partial charge in [-0.15, -0.1) is 0 Å². The van der Waals surface area contributed by atoms with Gasteiger partial charge in [-0.3, -0.25) is 4.79 Å². The summed E-state index contributed by atoms with van der Waals surface area (Å²) in [6.45, 7) is 2.02. The van der Waals surface area contributed by atoms with E-state index in [0.29, 0.717) is 0 Å². The van der Waals surface area contributed by atoms with Gasteiger partial charge in [0.15, 0.2) is 5.92 Å². The Balaban J connectivity index is 1.74. The first-order valence-corrected chi connectivity index (χ1v) is 5.23. The molecule has 2 rings (SSSR count). The van der Waals surface area contributed by atoms with E-state index in [1.165, 1.54) is 32.8 Å². The van der Waals surface area contributed by atoms with Crippen LogP contribution in [0.2, 0.25) is 0 Å². The van der Waals surface area contributed by atoms with E-state index in [1.54, 1.807) is 4.90 Å². The van der Waals surface area contributed by atoms with Gasteiger partial charge >= 0.3 is 5.97 Å². The molecule has 0 bridgehead atoms. The normalized spacial score (nSPS) is 34.2. The van der Waals surface area contributed by atoms with Crippen LogP contribution in [0.15, 0.2) is 0 Å². The fourth-order valence-corrected chi connectivity index (χ4v) is 2.57. The lowest BCUT2D eigenvalue weighted by molar-refractivity contribution is -0.969. The summed E-state index contributed by atoms with van der Waals surface area (Å²) in [7, 11) is 1.48. The van der Waals surface area contributed by atoms with E-state index < -0.39 is 0 Å². The molecular weight excluding hydrogens is 166 g/mol. The number of carbonyl (C=O) groups excluding carboxylic acids is 1. The monoisotopic (exact) mass is 184 g/mol. The first-order valence-electron chi connectivity index (χ1n) is 5.23. The number of hydrogen-bond donors (Lipinski definition) is 1. The summed E-state index contributed by atoms with van der Waals surface area (Å²) in [6, 6.07) is 0.848. The smallest absolute Gasteiger partial charge is 0.320 e. The van der Waals surface area contributed by atoms with Gasteiger partial charge in [-0.2, -0.15) is 0 Å². The minimum atomic E-state index is -0.0123. The molecule has 1 N–H and O–H groups in total. The summed E-state index contributed by atoms with van der Waals surface area (Å²) >= 11 is 0. The number of methoxy groups -OCH3 is 1. The molecule has 1 saturated heterocycles. The molecule has 0 aromatic rings. The largest absolute Gasteiger partial charge is 0.468 e. The van der Waals surface area contributed by atoms with Crippen LogP contribution in [-0.4, -0.2) is 32.2 Å². The van der Waals surface area contributed by atoms with Crippen LogP contribution in [0.1, 0.15) is 25.7 Å². The van der Waals surface area contributed by atoms with Crippen LogP contribution in [0.25, 0.3) is 0 Å². The fourth-order valence-electron chi connectivity index (χ4n) is 2.57. The van der Waals surface area contributed by atoms with Crippen molar-refractivity contribution < 1.29 is 14.4 Å². The Morgan fingerprint density at radius 1 is 1.31 bits per heavy atom. The van der Waals surface area contributed by atoms with Gasteiger partial charge in [0.2, 0.25) is 0 Å². The third-order valence-corrected chi connectivity index (χ3v) is 3.48. The Labute approximate surface area is 79.0 Å². The molecule has 74 valence electrons. The maximum absolute atomic E-state index is 11.1. The molecule has 0 spiro atoms. The number of nitrogens with one attached hydrogen (secondary N) is 1. The van der Waals surface area contributed by atoms with Gasteiger partial charge in [0.25, 0.3) is 0 Å². The van der Waals surface area contributed by atoms with Gasteiger partial charge in [0, 0.05) is 0 Å².